The maximum Gasteiger partial charge on any atom is 0.226 e. The van der Waals surface area contributed by atoms with Gasteiger partial charge in [0.25, 0.3) is 0 Å². The van der Waals surface area contributed by atoms with E-state index in [9.17, 15) is 0 Å². The van der Waals surface area contributed by atoms with Crippen LogP contribution in [0.1, 0.15) is 48.6 Å². The Morgan fingerprint density at radius 3 is 2.55 bits per heavy atom. The van der Waals surface area contributed by atoms with Gasteiger partial charge in [0.2, 0.25) is 5.89 Å². The number of thiazole rings is 1. The van der Waals surface area contributed by atoms with Gasteiger partial charge in [-0.3, -0.25) is 0 Å². The van der Waals surface area contributed by atoms with Crippen molar-refractivity contribution in [3.05, 3.63) is 57.9 Å². The number of aryl methyl sites for hydroxylation is 1. The molecule has 0 fully saturated rings. The van der Waals surface area contributed by atoms with Crippen LogP contribution in [0.3, 0.4) is 0 Å². The topological polar surface area (TPSA) is 75.3 Å². The van der Waals surface area contributed by atoms with E-state index in [0.717, 1.165) is 34.5 Å². The Morgan fingerprint density at radius 2 is 1.90 bits per heavy atom. The highest BCUT2D eigenvalue weighted by atomic mass is 127. The summed E-state index contributed by atoms with van der Waals surface area (Å²) >= 11 is 1.69. The van der Waals surface area contributed by atoms with Crippen molar-refractivity contribution in [3.8, 4) is 11.5 Å². The summed E-state index contributed by atoms with van der Waals surface area (Å²) in [6.07, 6.45) is 1.68. The van der Waals surface area contributed by atoms with Crippen molar-refractivity contribution in [2.75, 3.05) is 6.54 Å². The Balaban J connectivity index is 0.00000300. The third-order valence-electron chi connectivity index (χ3n) is 4.09. The first-order chi connectivity index (χ1) is 13.5. The summed E-state index contributed by atoms with van der Waals surface area (Å²) in [7, 11) is 0. The van der Waals surface area contributed by atoms with Crippen molar-refractivity contribution in [2.24, 2.45) is 4.99 Å². The van der Waals surface area contributed by atoms with Crippen LogP contribution in [0.4, 0.5) is 0 Å². The molecular formula is C21H28IN5OS. The normalized spacial score (nSPS) is 11.4. The average molecular weight is 525 g/mol. The van der Waals surface area contributed by atoms with Crippen LogP contribution in [0, 0.1) is 6.92 Å². The highest BCUT2D eigenvalue weighted by molar-refractivity contribution is 14.0. The lowest BCUT2D eigenvalue weighted by atomic mass is 10.1. The highest BCUT2D eigenvalue weighted by Gasteiger charge is 2.08. The SMILES string of the molecule is CCNC(=NCc1csc(C(C)C)n1)NCc1coc(-c2ccc(C)cc2)n1.I. The summed E-state index contributed by atoms with van der Waals surface area (Å²) in [6.45, 7) is 10.3. The largest absolute Gasteiger partial charge is 0.444 e. The van der Waals surface area contributed by atoms with Crippen molar-refractivity contribution in [3.63, 3.8) is 0 Å². The molecule has 0 atom stereocenters. The lowest BCUT2D eigenvalue weighted by Crippen LogP contribution is -2.36. The molecule has 0 radical (unpaired) electrons. The minimum atomic E-state index is 0. The molecule has 0 saturated carbocycles. The molecule has 0 bridgehead atoms. The van der Waals surface area contributed by atoms with Gasteiger partial charge in [0, 0.05) is 23.4 Å². The number of hydrogen-bond acceptors (Lipinski definition) is 5. The number of nitrogens with zero attached hydrogens (tertiary/aromatic N) is 3. The lowest BCUT2D eigenvalue weighted by Gasteiger charge is -2.09. The number of rotatable bonds is 7. The molecule has 2 N–H and O–H groups in total. The van der Waals surface area contributed by atoms with Crippen LogP contribution in [-0.4, -0.2) is 22.5 Å². The molecule has 0 amide bonds. The summed E-state index contributed by atoms with van der Waals surface area (Å²) in [6, 6.07) is 8.14. The number of aliphatic imine (C=N–C) groups is 1. The Hall–Kier alpha value is -1.94. The van der Waals surface area contributed by atoms with Gasteiger partial charge in [-0.15, -0.1) is 35.3 Å². The second-order valence-corrected chi connectivity index (χ2v) is 7.78. The monoisotopic (exact) mass is 525 g/mol. The first kappa shape index (κ1) is 23.3. The predicted octanol–water partition coefficient (Wildman–Crippen LogP) is 5.10. The Kier molecular flexibility index (Phi) is 9.09. The number of benzene rings is 1. The number of halogens is 1. The molecule has 3 aromatic rings. The van der Waals surface area contributed by atoms with E-state index in [2.05, 4.69) is 63.9 Å². The van der Waals surface area contributed by atoms with E-state index in [-0.39, 0.29) is 24.0 Å². The maximum absolute atomic E-state index is 5.62. The second-order valence-electron chi connectivity index (χ2n) is 6.89. The molecule has 0 aliphatic heterocycles. The standard InChI is InChI=1S/C21H27N5OS.HI/c1-5-22-21(24-11-18-13-28-20(26-18)14(2)3)23-10-17-12-27-19(25-17)16-8-6-15(4)7-9-16;/h6-9,12-14H,5,10-11H2,1-4H3,(H2,22,23,24);1H. The zero-order valence-electron chi connectivity index (χ0n) is 17.2. The van der Waals surface area contributed by atoms with Crippen LogP contribution in [0.5, 0.6) is 0 Å². The molecule has 3 rings (SSSR count). The van der Waals surface area contributed by atoms with E-state index in [4.69, 9.17) is 4.42 Å². The van der Waals surface area contributed by atoms with E-state index < -0.39 is 0 Å². The smallest absolute Gasteiger partial charge is 0.226 e. The van der Waals surface area contributed by atoms with E-state index in [1.807, 2.05) is 19.1 Å². The molecule has 0 unspecified atom stereocenters. The molecule has 0 aliphatic carbocycles. The fourth-order valence-electron chi connectivity index (χ4n) is 2.55. The van der Waals surface area contributed by atoms with Gasteiger partial charge in [0.1, 0.15) is 6.26 Å². The first-order valence-electron chi connectivity index (χ1n) is 9.53. The molecule has 29 heavy (non-hydrogen) atoms. The molecule has 2 heterocycles. The molecule has 2 aromatic heterocycles. The molecule has 156 valence electrons. The number of aromatic nitrogens is 2. The van der Waals surface area contributed by atoms with E-state index in [1.165, 1.54) is 5.56 Å². The fourth-order valence-corrected chi connectivity index (χ4v) is 3.38. The molecule has 6 nitrogen and oxygen atoms in total. The van der Waals surface area contributed by atoms with E-state index in [1.54, 1.807) is 17.6 Å². The molecule has 0 aliphatic rings. The molecular weight excluding hydrogens is 497 g/mol. The van der Waals surface area contributed by atoms with Crippen molar-refractivity contribution >= 4 is 41.3 Å². The van der Waals surface area contributed by atoms with Crippen LogP contribution >= 0.6 is 35.3 Å². The zero-order chi connectivity index (χ0) is 19.9. The van der Waals surface area contributed by atoms with Gasteiger partial charge < -0.3 is 15.1 Å². The lowest BCUT2D eigenvalue weighted by molar-refractivity contribution is 0.572. The Labute approximate surface area is 193 Å². The van der Waals surface area contributed by atoms with Gasteiger partial charge in [-0.2, -0.15) is 0 Å². The molecule has 0 saturated heterocycles. The number of guanidine groups is 1. The Bertz CT molecular complexity index is 917. The van der Waals surface area contributed by atoms with Crippen LogP contribution in [0.2, 0.25) is 0 Å². The second kappa shape index (κ2) is 11.3. The molecule has 8 heteroatoms. The molecule has 0 spiro atoms. The number of hydrogen-bond donors (Lipinski definition) is 2. The zero-order valence-corrected chi connectivity index (χ0v) is 20.4. The quantitative estimate of drug-likeness (QED) is 0.255. The summed E-state index contributed by atoms with van der Waals surface area (Å²) in [5.41, 5.74) is 4.01. The van der Waals surface area contributed by atoms with Gasteiger partial charge in [-0.25, -0.2) is 15.0 Å². The van der Waals surface area contributed by atoms with Crippen LogP contribution in [-0.2, 0) is 13.1 Å². The van der Waals surface area contributed by atoms with Crippen LogP contribution in [0.15, 0.2) is 45.3 Å². The van der Waals surface area contributed by atoms with Gasteiger partial charge in [-0.05, 0) is 26.0 Å². The van der Waals surface area contributed by atoms with Gasteiger partial charge in [0.05, 0.1) is 29.5 Å². The summed E-state index contributed by atoms with van der Waals surface area (Å²) in [5.74, 6) is 1.81. The predicted molar refractivity (Wildman–Crippen MR) is 130 cm³/mol. The Morgan fingerprint density at radius 1 is 1.14 bits per heavy atom. The van der Waals surface area contributed by atoms with Gasteiger partial charge in [-0.1, -0.05) is 31.5 Å². The minimum absolute atomic E-state index is 0. The third-order valence-corrected chi connectivity index (χ3v) is 5.29. The average Bonchev–Trinajstić information content (AvgIpc) is 3.34. The van der Waals surface area contributed by atoms with Gasteiger partial charge >= 0.3 is 0 Å². The van der Waals surface area contributed by atoms with Crippen molar-refractivity contribution in [1.82, 2.24) is 20.6 Å². The fraction of sp³-hybridized carbons (Fsp3) is 0.381. The van der Waals surface area contributed by atoms with E-state index in [0.29, 0.717) is 24.9 Å². The van der Waals surface area contributed by atoms with E-state index >= 15 is 0 Å². The number of oxazole rings is 1. The number of nitrogens with one attached hydrogen (secondary N) is 2. The van der Waals surface area contributed by atoms with Crippen LogP contribution < -0.4 is 10.6 Å². The molecule has 1 aromatic carbocycles. The summed E-state index contributed by atoms with van der Waals surface area (Å²) < 4.78 is 5.62. The summed E-state index contributed by atoms with van der Waals surface area (Å²) in [5, 5.41) is 9.78. The highest BCUT2D eigenvalue weighted by Crippen LogP contribution is 2.20. The van der Waals surface area contributed by atoms with Crippen molar-refractivity contribution in [2.45, 2.75) is 46.7 Å². The van der Waals surface area contributed by atoms with Gasteiger partial charge in [0.15, 0.2) is 5.96 Å². The van der Waals surface area contributed by atoms with Crippen molar-refractivity contribution < 1.29 is 4.42 Å². The maximum atomic E-state index is 5.62. The third kappa shape index (κ3) is 6.81. The summed E-state index contributed by atoms with van der Waals surface area (Å²) in [4.78, 5) is 13.8. The van der Waals surface area contributed by atoms with Crippen LogP contribution in [0.25, 0.3) is 11.5 Å². The minimum Gasteiger partial charge on any atom is -0.444 e. The first-order valence-corrected chi connectivity index (χ1v) is 10.4. The van der Waals surface area contributed by atoms with Crippen molar-refractivity contribution in [1.29, 1.82) is 0 Å².